The molecule has 32 heavy (non-hydrogen) atoms. The Hall–Kier alpha value is -3.95. The van der Waals surface area contributed by atoms with Gasteiger partial charge in [0.15, 0.2) is 6.10 Å². The van der Waals surface area contributed by atoms with Gasteiger partial charge < -0.3 is 19.7 Å². The molecule has 2 amide bonds. The average Bonchev–Trinajstić information content (AvgIpc) is 3.14. The third kappa shape index (κ3) is 5.39. The third-order valence-electron chi connectivity index (χ3n) is 5.08. The van der Waals surface area contributed by atoms with Crippen LogP contribution in [0.15, 0.2) is 48.5 Å². The van der Waals surface area contributed by atoms with Crippen molar-refractivity contribution in [2.75, 3.05) is 19.0 Å². The van der Waals surface area contributed by atoms with E-state index in [0.29, 0.717) is 6.54 Å². The fraction of sp³-hybridized carbons (Fsp3) is 0.318. The second-order valence-corrected chi connectivity index (χ2v) is 7.37. The molecule has 10 nitrogen and oxygen atoms in total. The first-order valence-electron chi connectivity index (χ1n) is 9.94. The van der Waals surface area contributed by atoms with Crippen LogP contribution in [-0.4, -0.2) is 47.4 Å². The number of carbonyl (C=O) groups is 3. The number of likely N-dealkylation sites (tertiary alicyclic amines) is 1. The lowest BCUT2D eigenvalue weighted by atomic mass is 10.1. The first-order valence-corrected chi connectivity index (χ1v) is 9.94. The lowest BCUT2D eigenvalue weighted by molar-refractivity contribution is -0.384. The highest BCUT2D eigenvalue weighted by Crippen LogP contribution is 2.29. The van der Waals surface area contributed by atoms with Gasteiger partial charge in [0.05, 0.1) is 23.6 Å². The Balaban J connectivity index is 1.58. The Morgan fingerprint density at radius 1 is 1.25 bits per heavy atom. The van der Waals surface area contributed by atoms with E-state index in [1.807, 2.05) is 30.3 Å². The van der Waals surface area contributed by atoms with Crippen molar-refractivity contribution in [3.8, 4) is 5.75 Å². The summed E-state index contributed by atoms with van der Waals surface area (Å²) in [6.07, 6.45) is -1.16. The van der Waals surface area contributed by atoms with Gasteiger partial charge in [-0.3, -0.25) is 24.5 Å². The molecular weight excluding hydrogens is 418 g/mol. The van der Waals surface area contributed by atoms with Crippen molar-refractivity contribution < 1.29 is 28.8 Å². The number of nitro groups is 1. The quantitative estimate of drug-likeness (QED) is 0.379. The molecule has 10 heteroatoms. The average molecular weight is 441 g/mol. The van der Waals surface area contributed by atoms with Crippen LogP contribution in [-0.2, 0) is 25.7 Å². The van der Waals surface area contributed by atoms with Gasteiger partial charge in [0.2, 0.25) is 5.91 Å². The molecule has 2 atom stereocenters. The van der Waals surface area contributed by atoms with Crippen molar-refractivity contribution in [2.45, 2.75) is 26.0 Å². The summed E-state index contributed by atoms with van der Waals surface area (Å²) < 4.78 is 10.4. The number of anilines is 1. The second-order valence-electron chi connectivity index (χ2n) is 7.37. The summed E-state index contributed by atoms with van der Waals surface area (Å²) in [6, 6.07) is 13.2. The van der Waals surface area contributed by atoms with Crippen LogP contribution < -0.4 is 10.1 Å². The number of rotatable bonds is 8. The van der Waals surface area contributed by atoms with Crippen LogP contribution in [0.1, 0.15) is 18.9 Å². The summed E-state index contributed by atoms with van der Waals surface area (Å²) in [6.45, 7) is 1.99. The SMILES string of the molecule is COc1ccc([N+](=O)[O-])cc1NC(=O)[C@@H](C)OC(=O)[C@H]1CC(=O)N(Cc2ccccc2)C1. The van der Waals surface area contributed by atoms with Gasteiger partial charge in [-0.2, -0.15) is 0 Å². The minimum atomic E-state index is -1.18. The number of benzene rings is 2. The highest BCUT2D eigenvalue weighted by atomic mass is 16.6. The number of nitrogens with zero attached hydrogens (tertiary/aromatic N) is 2. The molecule has 2 aromatic rings. The molecule has 0 unspecified atom stereocenters. The third-order valence-corrected chi connectivity index (χ3v) is 5.08. The summed E-state index contributed by atoms with van der Waals surface area (Å²) in [7, 11) is 1.36. The van der Waals surface area contributed by atoms with Crippen LogP contribution in [0.2, 0.25) is 0 Å². The number of carbonyl (C=O) groups excluding carboxylic acids is 3. The Morgan fingerprint density at radius 3 is 2.62 bits per heavy atom. The van der Waals surface area contributed by atoms with E-state index < -0.39 is 28.8 Å². The van der Waals surface area contributed by atoms with Crippen molar-refractivity contribution in [2.24, 2.45) is 5.92 Å². The van der Waals surface area contributed by atoms with Crippen molar-refractivity contribution in [3.05, 3.63) is 64.2 Å². The number of amides is 2. The Morgan fingerprint density at radius 2 is 1.97 bits per heavy atom. The molecule has 1 saturated heterocycles. The fourth-order valence-electron chi connectivity index (χ4n) is 3.35. The molecule has 0 bridgehead atoms. The van der Waals surface area contributed by atoms with Gasteiger partial charge in [0.25, 0.3) is 11.6 Å². The maximum Gasteiger partial charge on any atom is 0.312 e. The van der Waals surface area contributed by atoms with Gasteiger partial charge in [-0.1, -0.05) is 30.3 Å². The van der Waals surface area contributed by atoms with E-state index in [9.17, 15) is 24.5 Å². The lowest BCUT2D eigenvalue weighted by Crippen LogP contribution is -2.33. The van der Waals surface area contributed by atoms with E-state index in [-0.39, 0.29) is 36.0 Å². The van der Waals surface area contributed by atoms with Gasteiger partial charge in [0.1, 0.15) is 5.75 Å². The van der Waals surface area contributed by atoms with Gasteiger partial charge >= 0.3 is 5.97 Å². The van der Waals surface area contributed by atoms with E-state index in [1.165, 1.54) is 26.2 Å². The molecule has 0 spiro atoms. The predicted molar refractivity (Wildman–Crippen MR) is 114 cm³/mol. The summed E-state index contributed by atoms with van der Waals surface area (Å²) in [4.78, 5) is 49.3. The van der Waals surface area contributed by atoms with Crippen LogP contribution in [0.25, 0.3) is 0 Å². The topological polar surface area (TPSA) is 128 Å². The maximum absolute atomic E-state index is 12.5. The van der Waals surface area contributed by atoms with Crippen LogP contribution in [0.4, 0.5) is 11.4 Å². The van der Waals surface area contributed by atoms with Gasteiger partial charge in [-0.15, -0.1) is 0 Å². The molecule has 168 valence electrons. The van der Waals surface area contributed by atoms with E-state index in [4.69, 9.17) is 9.47 Å². The number of methoxy groups -OCH3 is 1. The van der Waals surface area contributed by atoms with Crippen molar-refractivity contribution >= 4 is 29.2 Å². The van der Waals surface area contributed by atoms with Crippen molar-refractivity contribution in [1.29, 1.82) is 0 Å². The zero-order chi connectivity index (χ0) is 23.3. The van der Waals surface area contributed by atoms with E-state index in [2.05, 4.69) is 5.32 Å². The molecule has 0 aromatic heterocycles. The molecule has 2 aromatic carbocycles. The van der Waals surface area contributed by atoms with Crippen LogP contribution in [0, 0.1) is 16.0 Å². The molecule has 1 fully saturated rings. The van der Waals surface area contributed by atoms with Crippen molar-refractivity contribution in [1.82, 2.24) is 4.90 Å². The van der Waals surface area contributed by atoms with Crippen LogP contribution in [0.3, 0.4) is 0 Å². The van der Waals surface area contributed by atoms with Crippen LogP contribution >= 0.6 is 0 Å². The summed E-state index contributed by atoms with van der Waals surface area (Å²) in [5.74, 6) is -1.94. The van der Waals surface area contributed by atoms with Gasteiger partial charge in [-0.05, 0) is 18.6 Å². The standard InChI is InChI=1S/C22H23N3O7/c1-14(21(27)23-18-11-17(25(29)30)8-9-19(18)31-2)32-22(28)16-10-20(26)24(13-16)12-15-6-4-3-5-7-15/h3-9,11,14,16H,10,12-13H2,1-2H3,(H,23,27)/t14-,16+/m1/s1. The first-order chi connectivity index (χ1) is 15.3. The number of esters is 1. The largest absolute Gasteiger partial charge is 0.495 e. The molecule has 0 aliphatic carbocycles. The Kier molecular flexibility index (Phi) is 7.04. The highest BCUT2D eigenvalue weighted by Gasteiger charge is 2.36. The van der Waals surface area contributed by atoms with Gasteiger partial charge in [0, 0.05) is 31.6 Å². The first kappa shape index (κ1) is 22.7. The molecule has 0 saturated carbocycles. The number of hydrogen-bond donors (Lipinski definition) is 1. The summed E-state index contributed by atoms with van der Waals surface area (Å²) in [5, 5.41) is 13.5. The van der Waals surface area contributed by atoms with E-state index in [1.54, 1.807) is 4.90 Å². The molecule has 1 aliphatic rings. The minimum absolute atomic E-state index is 0.0126. The van der Waals surface area contributed by atoms with E-state index in [0.717, 1.165) is 11.6 Å². The molecular formula is C22H23N3O7. The highest BCUT2D eigenvalue weighted by molar-refractivity contribution is 5.97. The smallest absolute Gasteiger partial charge is 0.312 e. The Bertz CT molecular complexity index is 1030. The normalized spacial score (nSPS) is 16.4. The van der Waals surface area contributed by atoms with Gasteiger partial charge in [-0.25, -0.2) is 0 Å². The summed E-state index contributed by atoms with van der Waals surface area (Å²) >= 11 is 0. The maximum atomic E-state index is 12.5. The molecule has 1 N–H and O–H groups in total. The summed E-state index contributed by atoms with van der Waals surface area (Å²) in [5.41, 5.74) is 0.807. The number of non-ortho nitro benzene ring substituents is 1. The number of nitro benzene ring substituents is 1. The lowest BCUT2D eigenvalue weighted by Gasteiger charge is -2.18. The minimum Gasteiger partial charge on any atom is -0.495 e. The van der Waals surface area contributed by atoms with Crippen molar-refractivity contribution in [3.63, 3.8) is 0 Å². The zero-order valence-electron chi connectivity index (χ0n) is 17.6. The monoisotopic (exact) mass is 441 g/mol. The number of ether oxygens (including phenoxy) is 2. The molecule has 3 rings (SSSR count). The molecule has 1 aliphatic heterocycles. The number of nitrogens with one attached hydrogen (secondary N) is 1. The van der Waals surface area contributed by atoms with Crippen LogP contribution in [0.5, 0.6) is 5.75 Å². The number of hydrogen-bond acceptors (Lipinski definition) is 7. The zero-order valence-corrected chi connectivity index (χ0v) is 17.6. The molecule has 0 radical (unpaired) electrons. The van der Waals surface area contributed by atoms with E-state index >= 15 is 0 Å². The fourth-order valence-corrected chi connectivity index (χ4v) is 3.35. The second kappa shape index (κ2) is 9.90. The Labute approximate surface area is 184 Å². The predicted octanol–water partition coefficient (Wildman–Crippen LogP) is 2.52. The molecule has 1 heterocycles.